The summed E-state index contributed by atoms with van der Waals surface area (Å²) in [5.41, 5.74) is 5.66. The van der Waals surface area contributed by atoms with Crippen LogP contribution in [0, 0.1) is 0 Å². The van der Waals surface area contributed by atoms with Gasteiger partial charge >= 0.3 is 0 Å². The van der Waals surface area contributed by atoms with E-state index in [1.165, 1.54) is 0 Å². The molecule has 5 nitrogen and oxygen atoms in total. The second-order valence-electron chi connectivity index (χ2n) is 3.85. The molecule has 0 aromatic rings. The highest BCUT2D eigenvalue weighted by Crippen LogP contribution is 2.13. The van der Waals surface area contributed by atoms with Gasteiger partial charge in [0.25, 0.3) is 0 Å². The summed E-state index contributed by atoms with van der Waals surface area (Å²) >= 11 is 0. The molecule has 2 amide bonds. The molecule has 0 aromatic carbocycles. The van der Waals surface area contributed by atoms with Gasteiger partial charge in [-0.05, 0) is 26.7 Å². The van der Waals surface area contributed by atoms with Crippen LogP contribution in [0.3, 0.4) is 0 Å². The molecule has 1 rings (SSSR count). The molecule has 1 heterocycles. The van der Waals surface area contributed by atoms with Gasteiger partial charge in [0, 0.05) is 13.1 Å². The number of carbonyl (C=O) groups is 2. The van der Waals surface area contributed by atoms with Crippen molar-refractivity contribution in [2.45, 2.75) is 38.8 Å². The molecule has 0 aromatic heterocycles. The fourth-order valence-electron chi connectivity index (χ4n) is 1.78. The van der Waals surface area contributed by atoms with Gasteiger partial charge in [-0.1, -0.05) is 0 Å². The van der Waals surface area contributed by atoms with Crippen molar-refractivity contribution in [1.29, 1.82) is 0 Å². The third-order valence-corrected chi connectivity index (χ3v) is 2.71. The summed E-state index contributed by atoms with van der Waals surface area (Å²) in [5, 5.41) is 2.70. The van der Waals surface area contributed by atoms with Crippen LogP contribution in [0.15, 0.2) is 0 Å². The zero-order valence-electron chi connectivity index (χ0n) is 9.32. The van der Waals surface area contributed by atoms with Crippen molar-refractivity contribution in [2.24, 2.45) is 5.73 Å². The predicted molar refractivity (Wildman–Crippen MR) is 57.1 cm³/mol. The topological polar surface area (TPSA) is 75.4 Å². The van der Waals surface area contributed by atoms with Gasteiger partial charge in [-0.25, -0.2) is 0 Å². The number of hydrogen-bond acceptors (Lipinski definition) is 3. The first-order valence-electron chi connectivity index (χ1n) is 5.41. The van der Waals surface area contributed by atoms with Crippen LogP contribution in [0.5, 0.6) is 0 Å². The Labute approximate surface area is 90.0 Å². The number of piperidine rings is 1. The first-order valence-corrected chi connectivity index (χ1v) is 5.41. The van der Waals surface area contributed by atoms with Gasteiger partial charge in [0.05, 0.1) is 6.04 Å². The van der Waals surface area contributed by atoms with Crippen molar-refractivity contribution in [3.05, 3.63) is 0 Å². The normalized spacial score (nSPS) is 23.8. The molecule has 2 atom stereocenters. The fourth-order valence-corrected chi connectivity index (χ4v) is 1.78. The lowest BCUT2D eigenvalue weighted by molar-refractivity contribution is -0.142. The van der Waals surface area contributed by atoms with Gasteiger partial charge in [0.2, 0.25) is 11.8 Å². The summed E-state index contributed by atoms with van der Waals surface area (Å²) in [5.74, 6) is -0.222. The lowest BCUT2D eigenvalue weighted by atomic mass is 10.0. The highest BCUT2D eigenvalue weighted by Gasteiger charge is 2.31. The molecular formula is C10H19N3O2. The van der Waals surface area contributed by atoms with Crippen LogP contribution in [0.25, 0.3) is 0 Å². The zero-order chi connectivity index (χ0) is 11.4. The Morgan fingerprint density at radius 3 is 3.00 bits per heavy atom. The van der Waals surface area contributed by atoms with Crippen LogP contribution in [0.1, 0.15) is 26.7 Å². The van der Waals surface area contributed by atoms with Crippen LogP contribution >= 0.6 is 0 Å². The zero-order valence-corrected chi connectivity index (χ0v) is 9.32. The SMILES string of the molecule is CCNC(=O)[C@H](C)N1CCC[C@@H](N)C1=O. The molecule has 0 aliphatic carbocycles. The lowest BCUT2D eigenvalue weighted by Gasteiger charge is -2.34. The second kappa shape index (κ2) is 5.11. The molecule has 0 unspecified atom stereocenters. The van der Waals surface area contributed by atoms with Crippen molar-refractivity contribution in [1.82, 2.24) is 10.2 Å². The Balaban J connectivity index is 2.61. The van der Waals surface area contributed by atoms with Gasteiger partial charge in [-0.2, -0.15) is 0 Å². The summed E-state index contributed by atoms with van der Waals surface area (Å²) in [4.78, 5) is 24.8. The van der Waals surface area contributed by atoms with Gasteiger partial charge < -0.3 is 16.0 Å². The van der Waals surface area contributed by atoms with E-state index in [-0.39, 0.29) is 11.8 Å². The van der Waals surface area contributed by atoms with Crippen molar-refractivity contribution in [3.8, 4) is 0 Å². The number of nitrogens with two attached hydrogens (primary N) is 1. The molecule has 0 radical (unpaired) electrons. The molecule has 0 bridgehead atoms. The Kier molecular flexibility index (Phi) is 4.08. The minimum Gasteiger partial charge on any atom is -0.355 e. The molecule has 0 spiro atoms. The van der Waals surface area contributed by atoms with Gasteiger partial charge in [-0.3, -0.25) is 9.59 Å². The minimum atomic E-state index is -0.435. The van der Waals surface area contributed by atoms with Crippen molar-refractivity contribution in [3.63, 3.8) is 0 Å². The molecule has 5 heteroatoms. The van der Waals surface area contributed by atoms with E-state index in [4.69, 9.17) is 5.73 Å². The molecule has 1 saturated heterocycles. The summed E-state index contributed by atoms with van der Waals surface area (Å²) in [7, 11) is 0. The van der Waals surface area contributed by atoms with E-state index in [2.05, 4.69) is 5.32 Å². The Morgan fingerprint density at radius 2 is 2.40 bits per heavy atom. The number of nitrogens with one attached hydrogen (secondary N) is 1. The maximum Gasteiger partial charge on any atom is 0.242 e. The number of carbonyl (C=O) groups excluding carboxylic acids is 2. The van der Waals surface area contributed by atoms with E-state index in [1.807, 2.05) is 6.92 Å². The lowest BCUT2D eigenvalue weighted by Crippen LogP contribution is -2.55. The second-order valence-corrected chi connectivity index (χ2v) is 3.85. The minimum absolute atomic E-state index is 0.111. The average Bonchev–Trinajstić information content (AvgIpc) is 2.21. The third-order valence-electron chi connectivity index (χ3n) is 2.71. The average molecular weight is 213 g/mol. The first kappa shape index (κ1) is 12.0. The van der Waals surface area contributed by atoms with Gasteiger partial charge in [-0.15, -0.1) is 0 Å². The van der Waals surface area contributed by atoms with E-state index < -0.39 is 12.1 Å². The van der Waals surface area contributed by atoms with E-state index in [9.17, 15) is 9.59 Å². The van der Waals surface area contributed by atoms with Crippen LogP contribution < -0.4 is 11.1 Å². The first-order chi connectivity index (χ1) is 7.07. The standard InChI is InChI=1S/C10H19N3O2/c1-3-12-9(14)7(2)13-6-4-5-8(11)10(13)15/h7-8H,3-6,11H2,1-2H3,(H,12,14)/t7-,8+/m0/s1. The highest BCUT2D eigenvalue weighted by molar-refractivity contribution is 5.89. The van der Waals surface area contributed by atoms with Gasteiger partial charge in [0.15, 0.2) is 0 Å². The van der Waals surface area contributed by atoms with Crippen LogP contribution in [-0.4, -0.2) is 41.9 Å². The largest absolute Gasteiger partial charge is 0.355 e. The Hall–Kier alpha value is -1.10. The number of likely N-dealkylation sites (tertiary alicyclic amines) is 1. The number of hydrogen-bond donors (Lipinski definition) is 2. The van der Waals surface area contributed by atoms with Crippen molar-refractivity contribution in [2.75, 3.05) is 13.1 Å². The van der Waals surface area contributed by atoms with Crippen LogP contribution in [0.2, 0.25) is 0 Å². The van der Waals surface area contributed by atoms with Gasteiger partial charge in [0.1, 0.15) is 6.04 Å². The number of nitrogens with zero attached hydrogens (tertiary/aromatic N) is 1. The third kappa shape index (κ3) is 2.68. The molecule has 1 aliphatic rings. The van der Waals surface area contributed by atoms with Crippen LogP contribution in [-0.2, 0) is 9.59 Å². The molecule has 3 N–H and O–H groups in total. The number of rotatable bonds is 3. The Bertz CT molecular complexity index is 255. The molecule has 0 saturated carbocycles. The van der Waals surface area contributed by atoms with Crippen molar-refractivity contribution >= 4 is 11.8 Å². The van der Waals surface area contributed by atoms with Crippen molar-refractivity contribution < 1.29 is 9.59 Å². The summed E-state index contributed by atoms with van der Waals surface area (Å²) in [6.45, 7) is 4.80. The van der Waals surface area contributed by atoms with Crippen LogP contribution in [0.4, 0.5) is 0 Å². The highest BCUT2D eigenvalue weighted by atomic mass is 16.2. The summed E-state index contributed by atoms with van der Waals surface area (Å²) in [6.07, 6.45) is 1.59. The summed E-state index contributed by atoms with van der Waals surface area (Å²) < 4.78 is 0. The quantitative estimate of drug-likeness (QED) is 0.661. The smallest absolute Gasteiger partial charge is 0.242 e. The maximum absolute atomic E-state index is 11.7. The molecule has 1 fully saturated rings. The van der Waals surface area contributed by atoms with E-state index in [0.717, 1.165) is 12.8 Å². The maximum atomic E-state index is 11.7. The monoisotopic (exact) mass is 213 g/mol. The molecule has 86 valence electrons. The van der Waals surface area contributed by atoms with E-state index in [1.54, 1.807) is 11.8 Å². The molecular weight excluding hydrogens is 194 g/mol. The number of amides is 2. The fraction of sp³-hybridized carbons (Fsp3) is 0.800. The van der Waals surface area contributed by atoms with E-state index >= 15 is 0 Å². The molecule has 15 heavy (non-hydrogen) atoms. The molecule has 1 aliphatic heterocycles. The number of likely N-dealkylation sites (N-methyl/N-ethyl adjacent to an activating group) is 1. The Morgan fingerprint density at radius 1 is 1.73 bits per heavy atom. The summed E-state index contributed by atoms with van der Waals surface area (Å²) in [6, 6.07) is -0.848. The van der Waals surface area contributed by atoms with E-state index in [0.29, 0.717) is 13.1 Å². The predicted octanol–water partition coefficient (Wildman–Crippen LogP) is -0.539.